The minimum atomic E-state index is -3.29. The number of hydrogen-bond acceptors (Lipinski definition) is 5. The van der Waals surface area contributed by atoms with Crippen LogP contribution in [0.15, 0.2) is 47.2 Å². The second kappa shape index (κ2) is 11.0. The van der Waals surface area contributed by atoms with Gasteiger partial charge in [0.05, 0.1) is 23.3 Å². The lowest BCUT2D eigenvalue weighted by molar-refractivity contribution is 0.0114. The molecule has 1 unspecified atom stereocenters. The molecule has 1 amide bonds. The lowest BCUT2D eigenvalue weighted by Gasteiger charge is -2.26. The molecule has 8 nitrogen and oxygen atoms in total. The van der Waals surface area contributed by atoms with Gasteiger partial charge < -0.3 is 24.3 Å². The monoisotopic (exact) mass is 560 g/mol. The Morgan fingerprint density at radius 3 is 2.58 bits per heavy atom. The highest BCUT2D eigenvalue weighted by Crippen LogP contribution is 2.37. The number of carbonyl (C=O) groups is 1. The molecule has 0 spiro atoms. The molecular weight excluding hydrogens is 528 g/mol. The molecule has 0 saturated heterocycles. The van der Waals surface area contributed by atoms with Gasteiger partial charge in [-0.3, -0.25) is 4.79 Å². The van der Waals surface area contributed by atoms with Crippen LogP contribution in [0.1, 0.15) is 69.0 Å². The average Bonchev–Trinajstić information content (AvgIpc) is 3.66. The van der Waals surface area contributed by atoms with Crippen molar-refractivity contribution in [3.8, 4) is 11.5 Å². The van der Waals surface area contributed by atoms with Crippen LogP contribution in [-0.2, 0) is 12.1 Å². The van der Waals surface area contributed by atoms with Crippen molar-refractivity contribution in [3.63, 3.8) is 0 Å². The van der Waals surface area contributed by atoms with Crippen LogP contribution in [0.2, 0.25) is 0 Å². The summed E-state index contributed by atoms with van der Waals surface area (Å²) in [7, 11) is 0. The van der Waals surface area contributed by atoms with Gasteiger partial charge in [0.25, 0.3) is 12.3 Å². The zero-order valence-corrected chi connectivity index (χ0v) is 22.5. The molecule has 1 saturated carbocycles. The van der Waals surface area contributed by atoms with Gasteiger partial charge in [0.2, 0.25) is 18.0 Å². The maximum atomic E-state index is 14.9. The van der Waals surface area contributed by atoms with Gasteiger partial charge in [-0.25, -0.2) is 17.6 Å². The Kier molecular flexibility index (Phi) is 7.61. The summed E-state index contributed by atoms with van der Waals surface area (Å²) in [5.41, 5.74) is 1.13. The predicted molar refractivity (Wildman–Crippen MR) is 143 cm³/mol. The Labute approximate surface area is 228 Å². The Balaban J connectivity index is 1.39. The molecule has 0 radical (unpaired) electrons. The Hall–Kier alpha value is -3.83. The SMILES string of the molecule is CC(C)(C)n1ccc(C(=O)NCc2nc(-c3cc4c(NC5CCC(F)CC5)cccc4n3C(F)C(F)F)no2)c1. The second-order valence-corrected chi connectivity index (χ2v) is 11.1. The fourth-order valence-corrected chi connectivity index (χ4v) is 4.98. The topological polar surface area (TPSA) is 89.9 Å². The van der Waals surface area contributed by atoms with Crippen LogP contribution in [0.5, 0.6) is 0 Å². The molecular formula is C28H32F4N6O2. The third-order valence-electron chi connectivity index (χ3n) is 7.18. The van der Waals surface area contributed by atoms with Gasteiger partial charge in [-0.2, -0.15) is 4.98 Å². The molecule has 1 aliphatic rings. The number of nitrogens with one attached hydrogen (secondary N) is 2. The van der Waals surface area contributed by atoms with Gasteiger partial charge in [0.1, 0.15) is 6.17 Å². The summed E-state index contributed by atoms with van der Waals surface area (Å²) in [6.07, 6.45) is -1.07. The van der Waals surface area contributed by atoms with E-state index >= 15 is 0 Å². The van der Waals surface area contributed by atoms with Gasteiger partial charge in [-0.1, -0.05) is 11.2 Å². The van der Waals surface area contributed by atoms with Gasteiger partial charge in [-0.15, -0.1) is 0 Å². The van der Waals surface area contributed by atoms with E-state index < -0.39 is 18.9 Å². The number of aromatic nitrogens is 4. The molecule has 3 heterocycles. The number of alkyl halides is 4. The van der Waals surface area contributed by atoms with Crippen molar-refractivity contribution in [2.75, 3.05) is 5.32 Å². The van der Waals surface area contributed by atoms with E-state index in [0.29, 0.717) is 42.3 Å². The second-order valence-electron chi connectivity index (χ2n) is 11.1. The summed E-state index contributed by atoms with van der Waals surface area (Å²) in [6, 6.07) is 8.21. The van der Waals surface area contributed by atoms with E-state index in [0.717, 1.165) is 4.57 Å². The van der Waals surface area contributed by atoms with E-state index in [1.165, 1.54) is 6.07 Å². The molecule has 12 heteroatoms. The zero-order chi connectivity index (χ0) is 28.6. The van der Waals surface area contributed by atoms with Crippen molar-refractivity contribution in [1.29, 1.82) is 0 Å². The summed E-state index contributed by atoms with van der Waals surface area (Å²) in [6.45, 7) is 5.93. The van der Waals surface area contributed by atoms with Crippen LogP contribution in [0, 0.1) is 0 Å². The van der Waals surface area contributed by atoms with Crippen molar-refractivity contribution in [2.24, 2.45) is 0 Å². The molecule has 0 aliphatic heterocycles. The summed E-state index contributed by atoms with van der Waals surface area (Å²) >= 11 is 0. The largest absolute Gasteiger partial charge is 0.382 e. The standard InChI is InChI=1S/C28H32F4N6O2/c1-28(2,3)37-12-11-16(15-37)27(39)33-14-23-35-26(36-40-23)22-13-19-20(34-18-9-7-17(29)8-10-18)5-4-6-21(19)38(22)25(32)24(30)31/h4-6,11-13,15,17-18,24-25,34H,7-10,14H2,1-3H3,(H,33,39). The highest BCUT2D eigenvalue weighted by Gasteiger charge is 2.29. The van der Waals surface area contributed by atoms with Crippen LogP contribution < -0.4 is 10.6 Å². The number of amides is 1. The molecule has 2 N–H and O–H groups in total. The van der Waals surface area contributed by atoms with Gasteiger partial charge in [-0.05, 0) is 70.7 Å². The van der Waals surface area contributed by atoms with Crippen LogP contribution in [0.4, 0.5) is 23.2 Å². The van der Waals surface area contributed by atoms with E-state index in [4.69, 9.17) is 4.52 Å². The first-order valence-corrected chi connectivity index (χ1v) is 13.3. The smallest absolute Gasteiger partial charge is 0.288 e. The summed E-state index contributed by atoms with van der Waals surface area (Å²) in [4.78, 5) is 16.9. The molecule has 1 atom stereocenters. The van der Waals surface area contributed by atoms with Crippen LogP contribution in [0.25, 0.3) is 22.4 Å². The molecule has 1 fully saturated rings. The lowest BCUT2D eigenvalue weighted by Crippen LogP contribution is -2.26. The zero-order valence-electron chi connectivity index (χ0n) is 22.5. The number of rotatable bonds is 8. The van der Waals surface area contributed by atoms with E-state index in [1.54, 1.807) is 30.5 Å². The first-order chi connectivity index (χ1) is 19.0. The first kappa shape index (κ1) is 27.7. The number of carbonyl (C=O) groups excluding carboxylic acids is 1. The molecule has 3 aromatic heterocycles. The Morgan fingerprint density at radius 1 is 1.15 bits per heavy atom. The number of fused-ring (bicyclic) bond motifs is 1. The highest BCUT2D eigenvalue weighted by molar-refractivity contribution is 5.96. The molecule has 1 aliphatic carbocycles. The van der Waals surface area contributed by atoms with Crippen LogP contribution in [-0.4, -0.2) is 43.8 Å². The quantitative estimate of drug-likeness (QED) is 0.237. The van der Waals surface area contributed by atoms with Crippen molar-refractivity contribution < 1.29 is 26.9 Å². The minimum absolute atomic E-state index is 0.00750. The lowest BCUT2D eigenvalue weighted by atomic mass is 9.93. The number of anilines is 1. The van der Waals surface area contributed by atoms with Crippen molar-refractivity contribution >= 4 is 22.5 Å². The predicted octanol–water partition coefficient (Wildman–Crippen LogP) is 6.60. The molecule has 40 heavy (non-hydrogen) atoms. The van der Waals surface area contributed by atoms with Gasteiger partial charge in [0.15, 0.2) is 0 Å². The number of hydrogen-bond donors (Lipinski definition) is 2. The maximum Gasteiger partial charge on any atom is 0.288 e. The molecule has 214 valence electrons. The molecule has 5 rings (SSSR count). The molecule has 0 bridgehead atoms. The minimum Gasteiger partial charge on any atom is -0.382 e. The average molecular weight is 561 g/mol. The first-order valence-electron chi connectivity index (χ1n) is 13.3. The fraction of sp³-hybridized carbons (Fsp3) is 0.464. The van der Waals surface area contributed by atoms with E-state index in [-0.39, 0.29) is 47.0 Å². The third-order valence-corrected chi connectivity index (χ3v) is 7.18. The van der Waals surface area contributed by atoms with E-state index in [9.17, 15) is 22.4 Å². The normalized spacial score (nSPS) is 18.8. The number of benzene rings is 1. The van der Waals surface area contributed by atoms with E-state index in [1.807, 2.05) is 31.5 Å². The summed E-state index contributed by atoms with van der Waals surface area (Å²) in [5.74, 6) is -0.411. The summed E-state index contributed by atoms with van der Waals surface area (Å²) in [5, 5.41) is 10.5. The fourth-order valence-electron chi connectivity index (χ4n) is 4.98. The number of halogens is 4. The number of nitrogens with zero attached hydrogens (tertiary/aromatic N) is 4. The Morgan fingerprint density at radius 2 is 1.90 bits per heavy atom. The van der Waals surface area contributed by atoms with Crippen molar-refractivity contribution in [2.45, 2.75) is 83.5 Å². The van der Waals surface area contributed by atoms with Crippen LogP contribution in [0.3, 0.4) is 0 Å². The molecule has 4 aromatic rings. The van der Waals surface area contributed by atoms with Gasteiger partial charge >= 0.3 is 0 Å². The Bertz CT molecular complexity index is 1480. The maximum absolute atomic E-state index is 14.9. The third kappa shape index (κ3) is 5.71. The highest BCUT2D eigenvalue weighted by atomic mass is 19.3. The van der Waals surface area contributed by atoms with Crippen molar-refractivity contribution in [1.82, 2.24) is 24.6 Å². The molecule has 1 aromatic carbocycles. The van der Waals surface area contributed by atoms with Crippen molar-refractivity contribution in [3.05, 3.63) is 54.2 Å². The summed E-state index contributed by atoms with van der Waals surface area (Å²) < 4.78 is 63.8. The van der Waals surface area contributed by atoms with Gasteiger partial charge in [0, 0.05) is 35.0 Å². The van der Waals surface area contributed by atoms with E-state index in [2.05, 4.69) is 20.8 Å². The van der Waals surface area contributed by atoms with Crippen LogP contribution >= 0.6 is 0 Å².